The fourth-order valence-corrected chi connectivity index (χ4v) is 3.31. The zero-order valence-corrected chi connectivity index (χ0v) is 16.0. The summed E-state index contributed by atoms with van der Waals surface area (Å²) in [6.45, 7) is 6.45. The number of carbonyl (C=O) groups excluding carboxylic acids is 2. The van der Waals surface area contributed by atoms with Crippen molar-refractivity contribution in [1.82, 2.24) is 15.6 Å². The van der Waals surface area contributed by atoms with Gasteiger partial charge in [-0.05, 0) is 43.0 Å². The highest BCUT2D eigenvalue weighted by molar-refractivity contribution is 5.96. The molecule has 1 saturated heterocycles. The highest BCUT2D eigenvalue weighted by Crippen LogP contribution is 2.21. The number of aromatic nitrogens is 1. The third kappa shape index (κ3) is 4.71. The number of amides is 2. The van der Waals surface area contributed by atoms with E-state index >= 15 is 0 Å². The lowest BCUT2D eigenvalue weighted by Gasteiger charge is -2.08. The molecular formula is C22H25N3O3. The van der Waals surface area contributed by atoms with Gasteiger partial charge in [0.1, 0.15) is 6.61 Å². The van der Waals surface area contributed by atoms with Gasteiger partial charge in [-0.2, -0.15) is 0 Å². The average molecular weight is 379 g/mol. The third-order valence-electron chi connectivity index (χ3n) is 4.64. The Kier molecular flexibility index (Phi) is 6.32. The molecule has 0 radical (unpaired) electrons. The summed E-state index contributed by atoms with van der Waals surface area (Å²) in [5.41, 5.74) is 3.92. The molecule has 6 nitrogen and oxygen atoms in total. The number of hydrogen-bond acceptors (Lipinski definition) is 3. The van der Waals surface area contributed by atoms with Crippen LogP contribution in [0.15, 0.2) is 60.9 Å². The molecule has 2 amide bonds. The topological polar surface area (TPSA) is 83.2 Å². The summed E-state index contributed by atoms with van der Waals surface area (Å²) in [5.74, 6) is -0.115. The quantitative estimate of drug-likeness (QED) is 0.487. The van der Waals surface area contributed by atoms with Crippen LogP contribution in [0.2, 0.25) is 0 Å². The Morgan fingerprint density at radius 1 is 1.43 bits per heavy atom. The number of alkyl carbamates (subject to hydrolysis) is 1. The summed E-state index contributed by atoms with van der Waals surface area (Å²) in [6.07, 6.45) is 9.96. The van der Waals surface area contributed by atoms with Gasteiger partial charge in [-0.1, -0.05) is 36.9 Å². The first-order valence-electron chi connectivity index (χ1n) is 9.36. The van der Waals surface area contributed by atoms with Crippen LogP contribution in [0.1, 0.15) is 18.1 Å². The molecule has 1 aromatic carbocycles. The molecule has 6 heteroatoms. The lowest BCUT2D eigenvalue weighted by Crippen LogP contribution is -2.28. The first kappa shape index (κ1) is 19.5. The Bertz CT molecular complexity index is 940. The SMILES string of the molecule is C=C/C=C(\C=C/C)C(=O)NCCc1c[nH]c2ccc(CC3COC(=O)N3)cc12. The smallest absolute Gasteiger partial charge is 0.407 e. The molecule has 1 fully saturated rings. The molecule has 2 heterocycles. The van der Waals surface area contributed by atoms with Crippen LogP contribution in [0.5, 0.6) is 0 Å². The summed E-state index contributed by atoms with van der Waals surface area (Å²) in [4.78, 5) is 26.7. The molecule has 0 aliphatic carbocycles. The maximum Gasteiger partial charge on any atom is 0.407 e. The molecule has 1 atom stereocenters. The highest BCUT2D eigenvalue weighted by Gasteiger charge is 2.22. The van der Waals surface area contributed by atoms with Gasteiger partial charge in [0.2, 0.25) is 0 Å². The van der Waals surface area contributed by atoms with Gasteiger partial charge in [-0.25, -0.2) is 4.79 Å². The van der Waals surface area contributed by atoms with Crippen molar-refractivity contribution in [3.63, 3.8) is 0 Å². The summed E-state index contributed by atoms with van der Waals surface area (Å²) in [7, 11) is 0. The minimum Gasteiger partial charge on any atom is -0.447 e. The van der Waals surface area contributed by atoms with E-state index in [-0.39, 0.29) is 18.0 Å². The van der Waals surface area contributed by atoms with Crippen LogP contribution in [0.3, 0.4) is 0 Å². The lowest BCUT2D eigenvalue weighted by molar-refractivity contribution is -0.117. The van der Waals surface area contributed by atoms with E-state index in [1.54, 1.807) is 18.2 Å². The van der Waals surface area contributed by atoms with Crippen LogP contribution < -0.4 is 10.6 Å². The van der Waals surface area contributed by atoms with Gasteiger partial charge in [0.05, 0.1) is 6.04 Å². The predicted molar refractivity (Wildman–Crippen MR) is 110 cm³/mol. The van der Waals surface area contributed by atoms with Crippen molar-refractivity contribution in [2.75, 3.05) is 13.2 Å². The first-order chi connectivity index (χ1) is 13.6. The van der Waals surface area contributed by atoms with E-state index in [4.69, 9.17) is 4.74 Å². The number of rotatable bonds is 8. The zero-order valence-electron chi connectivity index (χ0n) is 16.0. The predicted octanol–water partition coefficient (Wildman–Crippen LogP) is 3.17. The molecule has 0 bridgehead atoms. The Labute approximate surface area is 164 Å². The number of ether oxygens (including phenoxy) is 1. The molecule has 3 N–H and O–H groups in total. The van der Waals surface area contributed by atoms with Gasteiger partial charge in [-0.15, -0.1) is 0 Å². The van der Waals surface area contributed by atoms with Crippen molar-refractivity contribution in [1.29, 1.82) is 0 Å². The molecule has 0 spiro atoms. The van der Waals surface area contributed by atoms with Gasteiger partial charge < -0.3 is 20.4 Å². The van der Waals surface area contributed by atoms with E-state index in [1.165, 1.54) is 0 Å². The molecule has 1 aliphatic heterocycles. The van der Waals surface area contributed by atoms with Crippen molar-refractivity contribution >= 4 is 22.9 Å². The van der Waals surface area contributed by atoms with Crippen LogP contribution in [0.25, 0.3) is 10.9 Å². The Hall–Kier alpha value is -3.28. The van der Waals surface area contributed by atoms with Crippen molar-refractivity contribution in [3.05, 3.63) is 72.0 Å². The maximum absolute atomic E-state index is 12.3. The first-order valence-corrected chi connectivity index (χ1v) is 9.36. The number of fused-ring (bicyclic) bond motifs is 1. The summed E-state index contributed by atoms with van der Waals surface area (Å²) in [6, 6.07) is 6.24. The molecular weight excluding hydrogens is 354 g/mol. The molecule has 28 heavy (non-hydrogen) atoms. The van der Waals surface area contributed by atoms with E-state index in [0.29, 0.717) is 18.7 Å². The van der Waals surface area contributed by atoms with Crippen LogP contribution in [-0.2, 0) is 22.4 Å². The second-order valence-electron chi connectivity index (χ2n) is 6.70. The van der Waals surface area contributed by atoms with Crippen molar-refractivity contribution in [3.8, 4) is 0 Å². The maximum atomic E-state index is 12.3. The Morgan fingerprint density at radius 3 is 3.00 bits per heavy atom. The zero-order chi connectivity index (χ0) is 19.9. The molecule has 1 aliphatic rings. The minimum absolute atomic E-state index is 0.00770. The van der Waals surface area contributed by atoms with Gasteiger partial charge >= 0.3 is 6.09 Å². The van der Waals surface area contributed by atoms with Crippen molar-refractivity contribution in [2.24, 2.45) is 0 Å². The second kappa shape index (κ2) is 9.08. The van der Waals surface area contributed by atoms with E-state index < -0.39 is 0 Å². The largest absolute Gasteiger partial charge is 0.447 e. The van der Waals surface area contributed by atoms with E-state index in [1.807, 2.05) is 25.3 Å². The summed E-state index contributed by atoms with van der Waals surface area (Å²) >= 11 is 0. The van der Waals surface area contributed by atoms with Crippen LogP contribution in [0, 0.1) is 0 Å². The highest BCUT2D eigenvalue weighted by atomic mass is 16.6. The fourth-order valence-electron chi connectivity index (χ4n) is 3.31. The summed E-state index contributed by atoms with van der Waals surface area (Å²) in [5, 5.41) is 6.88. The molecule has 146 valence electrons. The standard InChI is InChI=1S/C22H25N3O3/c1-3-5-16(6-4-2)21(26)23-10-9-17-13-24-20-8-7-15(12-19(17)20)11-18-14-28-22(27)25-18/h3-8,12-13,18,24H,1,9-11,14H2,2H3,(H,23,26)(H,25,27)/b6-4-,16-5+. The number of H-pyrrole nitrogens is 1. The van der Waals surface area contributed by atoms with Crippen molar-refractivity contribution in [2.45, 2.75) is 25.8 Å². The van der Waals surface area contributed by atoms with Gasteiger partial charge in [0.25, 0.3) is 5.91 Å². The Morgan fingerprint density at radius 2 is 2.29 bits per heavy atom. The van der Waals surface area contributed by atoms with E-state index in [2.05, 4.69) is 34.3 Å². The number of carbonyl (C=O) groups is 2. The van der Waals surface area contributed by atoms with Crippen LogP contribution in [0.4, 0.5) is 4.79 Å². The molecule has 0 saturated carbocycles. The van der Waals surface area contributed by atoms with E-state index in [9.17, 15) is 9.59 Å². The number of benzene rings is 1. The van der Waals surface area contributed by atoms with Crippen LogP contribution in [-0.4, -0.2) is 36.2 Å². The van der Waals surface area contributed by atoms with Gasteiger partial charge in [0.15, 0.2) is 0 Å². The second-order valence-corrected chi connectivity index (χ2v) is 6.70. The molecule has 1 unspecified atom stereocenters. The lowest BCUT2D eigenvalue weighted by atomic mass is 10.0. The van der Waals surface area contributed by atoms with Gasteiger partial charge in [0, 0.05) is 29.2 Å². The van der Waals surface area contributed by atoms with Crippen molar-refractivity contribution < 1.29 is 14.3 Å². The van der Waals surface area contributed by atoms with E-state index in [0.717, 1.165) is 34.9 Å². The average Bonchev–Trinajstić information content (AvgIpc) is 3.27. The number of cyclic esters (lactones) is 1. The van der Waals surface area contributed by atoms with Gasteiger partial charge in [-0.3, -0.25) is 4.79 Å². The molecule has 1 aromatic heterocycles. The molecule has 2 aromatic rings. The number of allylic oxidation sites excluding steroid dienone is 3. The minimum atomic E-state index is -0.355. The fraction of sp³-hybridized carbons (Fsp3) is 0.273. The number of hydrogen-bond donors (Lipinski definition) is 3. The van der Waals surface area contributed by atoms with Crippen LogP contribution >= 0.6 is 0 Å². The monoisotopic (exact) mass is 379 g/mol. The normalized spacial score (nSPS) is 17.0. The number of nitrogens with one attached hydrogen (secondary N) is 3. The third-order valence-corrected chi connectivity index (χ3v) is 4.64. The Balaban J connectivity index is 1.64. The molecule has 3 rings (SSSR count). The summed E-state index contributed by atoms with van der Waals surface area (Å²) < 4.78 is 4.95. The number of aromatic amines is 1.